The molecule has 0 aromatic carbocycles. The molecule has 1 aromatic rings. The summed E-state index contributed by atoms with van der Waals surface area (Å²) in [7, 11) is 0. The summed E-state index contributed by atoms with van der Waals surface area (Å²) in [5, 5.41) is 0. The third kappa shape index (κ3) is 5.00. The summed E-state index contributed by atoms with van der Waals surface area (Å²) >= 11 is 0. The lowest BCUT2D eigenvalue weighted by Crippen LogP contribution is -2.17. The number of rotatable bonds is 7. The van der Waals surface area contributed by atoms with E-state index < -0.39 is 0 Å². The van der Waals surface area contributed by atoms with E-state index in [9.17, 15) is 0 Å². The third-order valence-electron chi connectivity index (χ3n) is 2.28. The molecule has 1 aromatic heterocycles. The highest BCUT2D eigenvalue weighted by Gasteiger charge is 2.00. The highest BCUT2D eigenvalue weighted by molar-refractivity contribution is 5.11. The van der Waals surface area contributed by atoms with Crippen LogP contribution in [0, 0.1) is 0 Å². The number of hydrogen-bond donors (Lipinski definition) is 1. The molecule has 0 aliphatic heterocycles. The Kier molecular flexibility index (Phi) is 5.43. The zero-order valence-electron chi connectivity index (χ0n) is 9.78. The topological polar surface area (TPSA) is 40.2 Å². The summed E-state index contributed by atoms with van der Waals surface area (Å²) in [5.74, 6) is 0. The second kappa shape index (κ2) is 6.64. The fourth-order valence-corrected chi connectivity index (χ4v) is 1.62. The molecule has 3 nitrogen and oxygen atoms in total. The van der Waals surface area contributed by atoms with Gasteiger partial charge in [-0.05, 0) is 38.3 Å². The van der Waals surface area contributed by atoms with Crippen LogP contribution in [0.5, 0.6) is 0 Å². The molecule has 0 saturated carbocycles. The van der Waals surface area contributed by atoms with Crippen LogP contribution >= 0.6 is 0 Å². The molecule has 1 atom stereocenters. The van der Waals surface area contributed by atoms with Crippen LogP contribution < -0.4 is 5.73 Å². The number of aromatic nitrogens is 1. The molecule has 0 aliphatic rings. The molecule has 3 heteroatoms. The Morgan fingerprint density at radius 1 is 1.53 bits per heavy atom. The largest absolute Gasteiger partial charge is 0.382 e. The molecule has 0 aliphatic carbocycles. The molecule has 0 saturated heterocycles. The lowest BCUT2D eigenvalue weighted by molar-refractivity contribution is 0.141. The van der Waals surface area contributed by atoms with E-state index >= 15 is 0 Å². The zero-order valence-corrected chi connectivity index (χ0v) is 9.78. The summed E-state index contributed by atoms with van der Waals surface area (Å²) in [6.45, 7) is 6.74. The van der Waals surface area contributed by atoms with Gasteiger partial charge in [0.05, 0.1) is 0 Å². The molecular formula is C12H22N2O. The van der Waals surface area contributed by atoms with E-state index in [-0.39, 0.29) is 6.04 Å². The smallest absolute Gasteiger partial charge is 0.0482 e. The van der Waals surface area contributed by atoms with Gasteiger partial charge in [0.2, 0.25) is 0 Å². The van der Waals surface area contributed by atoms with Crippen LogP contribution in [0.15, 0.2) is 18.5 Å². The minimum Gasteiger partial charge on any atom is -0.382 e. The average molecular weight is 210 g/mol. The SMILES string of the molecule is CCOCCCn1ccc(CC(C)N)c1. The maximum atomic E-state index is 5.74. The predicted octanol–water partition coefficient (Wildman–Crippen LogP) is 1.80. The summed E-state index contributed by atoms with van der Waals surface area (Å²) in [6, 6.07) is 2.38. The van der Waals surface area contributed by atoms with Crippen LogP contribution in [-0.2, 0) is 17.7 Å². The molecule has 0 fully saturated rings. The molecule has 0 bridgehead atoms. The molecule has 0 radical (unpaired) electrons. The second-order valence-corrected chi connectivity index (χ2v) is 3.99. The van der Waals surface area contributed by atoms with E-state index in [1.165, 1.54) is 5.56 Å². The van der Waals surface area contributed by atoms with Crippen LogP contribution in [-0.4, -0.2) is 23.8 Å². The first-order valence-electron chi connectivity index (χ1n) is 5.70. The van der Waals surface area contributed by atoms with Gasteiger partial charge >= 0.3 is 0 Å². The van der Waals surface area contributed by atoms with Crippen molar-refractivity contribution in [2.45, 2.75) is 39.3 Å². The lowest BCUT2D eigenvalue weighted by atomic mass is 10.1. The van der Waals surface area contributed by atoms with Gasteiger partial charge in [-0.2, -0.15) is 0 Å². The Bertz CT molecular complexity index is 268. The maximum Gasteiger partial charge on any atom is 0.0482 e. The molecule has 0 spiro atoms. The standard InChI is InChI=1S/C12H22N2O/c1-3-15-8-4-6-14-7-5-12(10-14)9-11(2)13/h5,7,10-11H,3-4,6,8-9,13H2,1-2H3. The minimum atomic E-state index is 0.240. The monoisotopic (exact) mass is 210 g/mol. The van der Waals surface area contributed by atoms with E-state index in [1.807, 2.05) is 13.8 Å². The summed E-state index contributed by atoms with van der Waals surface area (Å²) in [6.07, 6.45) is 6.32. The van der Waals surface area contributed by atoms with Gasteiger partial charge in [-0.25, -0.2) is 0 Å². The number of nitrogens with two attached hydrogens (primary N) is 1. The van der Waals surface area contributed by atoms with Crippen LogP contribution in [0.3, 0.4) is 0 Å². The molecule has 2 N–H and O–H groups in total. The van der Waals surface area contributed by atoms with Gasteiger partial charge in [-0.3, -0.25) is 0 Å². The Morgan fingerprint density at radius 3 is 3.00 bits per heavy atom. The van der Waals surface area contributed by atoms with Gasteiger partial charge in [-0.15, -0.1) is 0 Å². The van der Waals surface area contributed by atoms with Gasteiger partial charge in [0, 0.05) is 38.2 Å². The van der Waals surface area contributed by atoms with Gasteiger partial charge in [-0.1, -0.05) is 0 Å². The molecule has 15 heavy (non-hydrogen) atoms. The van der Waals surface area contributed by atoms with Gasteiger partial charge < -0.3 is 15.0 Å². The molecule has 1 rings (SSSR count). The first-order valence-corrected chi connectivity index (χ1v) is 5.70. The van der Waals surface area contributed by atoms with Crippen LogP contribution in [0.2, 0.25) is 0 Å². The predicted molar refractivity (Wildman–Crippen MR) is 62.9 cm³/mol. The van der Waals surface area contributed by atoms with Crippen molar-refractivity contribution in [1.29, 1.82) is 0 Å². The molecule has 1 heterocycles. The van der Waals surface area contributed by atoms with E-state index in [4.69, 9.17) is 10.5 Å². The molecule has 1 unspecified atom stereocenters. The van der Waals surface area contributed by atoms with Crippen molar-refractivity contribution >= 4 is 0 Å². The van der Waals surface area contributed by atoms with E-state index in [2.05, 4.69) is 23.0 Å². The highest BCUT2D eigenvalue weighted by atomic mass is 16.5. The van der Waals surface area contributed by atoms with Crippen molar-refractivity contribution in [2.24, 2.45) is 5.73 Å². The molecule has 86 valence electrons. The number of ether oxygens (including phenoxy) is 1. The minimum absolute atomic E-state index is 0.240. The van der Waals surface area contributed by atoms with Crippen molar-refractivity contribution in [3.05, 3.63) is 24.0 Å². The van der Waals surface area contributed by atoms with Crippen LogP contribution in [0.1, 0.15) is 25.8 Å². The number of hydrogen-bond acceptors (Lipinski definition) is 2. The van der Waals surface area contributed by atoms with Crippen molar-refractivity contribution in [3.63, 3.8) is 0 Å². The van der Waals surface area contributed by atoms with E-state index in [0.29, 0.717) is 0 Å². The quantitative estimate of drug-likeness (QED) is 0.697. The van der Waals surface area contributed by atoms with Gasteiger partial charge in [0.15, 0.2) is 0 Å². The summed E-state index contributed by atoms with van der Waals surface area (Å²) in [4.78, 5) is 0. The van der Waals surface area contributed by atoms with Crippen molar-refractivity contribution in [2.75, 3.05) is 13.2 Å². The average Bonchev–Trinajstić information content (AvgIpc) is 2.59. The normalized spacial score (nSPS) is 13.0. The van der Waals surface area contributed by atoms with Crippen LogP contribution in [0.4, 0.5) is 0 Å². The highest BCUT2D eigenvalue weighted by Crippen LogP contribution is 2.04. The maximum absolute atomic E-state index is 5.74. The Balaban J connectivity index is 2.26. The molecular weight excluding hydrogens is 188 g/mol. The van der Waals surface area contributed by atoms with Crippen molar-refractivity contribution < 1.29 is 4.74 Å². The Labute approximate surface area is 92.2 Å². The van der Waals surface area contributed by atoms with Gasteiger partial charge in [0.25, 0.3) is 0 Å². The first-order chi connectivity index (χ1) is 7.22. The lowest BCUT2D eigenvalue weighted by Gasteiger charge is -2.04. The van der Waals surface area contributed by atoms with E-state index in [1.54, 1.807) is 0 Å². The first kappa shape index (κ1) is 12.3. The zero-order chi connectivity index (χ0) is 11.1. The second-order valence-electron chi connectivity index (χ2n) is 3.99. The number of aryl methyl sites for hydroxylation is 1. The Hall–Kier alpha value is -0.800. The van der Waals surface area contributed by atoms with Crippen molar-refractivity contribution in [1.82, 2.24) is 4.57 Å². The molecule has 0 amide bonds. The summed E-state index contributed by atoms with van der Waals surface area (Å²) in [5.41, 5.74) is 7.06. The fraction of sp³-hybridized carbons (Fsp3) is 0.667. The van der Waals surface area contributed by atoms with Crippen LogP contribution in [0.25, 0.3) is 0 Å². The van der Waals surface area contributed by atoms with Gasteiger partial charge in [0.1, 0.15) is 0 Å². The third-order valence-corrected chi connectivity index (χ3v) is 2.28. The van der Waals surface area contributed by atoms with Crippen molar-refractivity contribution in [3.8, 4) is 0 Å². The Morgan fingerprint density at radius 2 is 2.33 bits per heavy atom. The summed E-state index contributed by atoms with van der Waals surface area (Å²) < 4.78 is 7.50. The fourth-order valence-electron chi connectivity index (χ4n) is 1.62. The number of nitrogens with zero attached hydrogens (tertiary/aromatic N) is 1. The van der Waals surface area contributed by atoms with E-state index in [0.717, 1.165) is 32.6 Å².